The third-order valence-electron chi connectivity index (χ3n) is 4.96. The summed E-state index contributed by atoms with van der Waals surface area (Å²) in [5, 5.41) is 13.7. The van der Waals surface area contributed by atoms with Crippen LogP contribution in [0.2, 0.25) is 0 Å². The van der Waals surface area contributed by atoms with Crippen LogP contribution in [0.5, 0.6) is 0 Å². The standard InChI is InChI=1S/C14H20BN3O2/c1-12(2)13(3,4)20-15(19-12)11-8-17-18(9-11)14(10-16)6-5-7-14/h8-9H,5-7H2,1-4H3. The van der Waals surface area contributed by atoms with Gasteiger partial charge in [0.2, 0.25) is 0 Å². The average molecular weight is 273 g/mol. The maximum atomic E-state index is 9.36. The van der Waals surface area contributed by atoms with Crippen LogP contribution >= 0.6 is 0 Å². The van der Waals surface area contributed by atoms with Crippen LogP contribution in [0.4, 0.5) is 0 Å². The van der Waals surface area contributed by atoms with Gasteiger partial charge in [-0.3, -0.25) is 4.68 Å². The number of nitrogens with zero attached hydrogens (tertiary/aromatic N) is 3. The predicted molar refractivity (Wildman–Crippen MR) is 75.4 cm³/mol. The lowest BCUT2D eigenvalue weighted by Crippen LogP contribution is -2.41. The van der Waals surface area contributed by atoms with E-state index in [1.165, 1.54) is 0 Å². The zero-order valence-electron chi connectivity index (χ0n) is 12.5. The van der Waals surface area contributed by atoms with E-state index in [4.69, 9.17) is 9.31 Å². The van der Waals surface area contributed by atoms with Crippen molar-refractivity contribution in [2.75, 3.05) is 0 Å². The molecule has 1 aromatic heterocycles. The summed E-state index contributed by atoms with van der Waals surface area (Å²) in [6, 6.07) is 2.39. The summed E-state index contributed by atoms with van der Waals surface area (Å²) in [6.07, 6.45) is 6.46. The van der Waals surface area contributed by atoms with Crippen LogP contribution in [0.25, 0.3) is 0 Å². The van der Waals surface area contributed by atoms with E-state index >= 15 is 0 Å². The number of aromatic nitrogens is 2. The summed E-state index contributed by atoms with van der Waals surface area (Å²) in [4.78, 5) is 0. The van der Waals surface area contributed by atoms with Crippen molar-refractivity contribution in [2.24, 2.45) is 0 Å². The molecule has 6 heteroatoms. The van der Waals surface area contributed by atoms with E-state index in [2.05, 4.69) is 11.2 Å². The first kappa shape index (κ1) is 13.7. The number of hydrogen-bond acceptors (Lipinski definition) is 4. The van der Waals surface area contributed by atoms with Crippen molar-refractivity contribution >= 4 is 12.6 Å². The van der Waals surface area contributed by atoms with Gasteiger partial charge in [0.05, 0.1) is 17.3 Å². The molecule has 2 aliphatic rings. The van der Waals surface area contributed by atoms with E-state index in [0.717, 1.165) is 24.7 Å². The molecule has 0 N–H and O–H groups in total. The highest BCUT2D eigenvalue weighted by atomic mass is 16.7. The van der Waals surface area contributed by atoms with Crippen molar-refractivity contribution in [1.29, 1.82) is 5.26 Å². The van der Waals surface area contributed by atoms with E-state index in [0.29, 0.717) is 0 Å². The van der Waals surface area contributed by atoms with Gasteiger partial charge < -0.3 is 9.31 Å². The molecule has 0 atom stereocenters. The quantitative estimate of drug-likeness (QED) is 0.768. The molecule has 2 heterocycles. The molecule has 106 valence electrons. The molecule has 1 saturated heterocycles. The summed E-state index contributed by atoms with van der Waals surface area (Å²) in [6.45, 7) is 8.11. The smallest absolute Gasteiger partial charge is 0.399 e. The molecular formula is C14H20BN3O2. The van der Waals surface area contributed by atoms with Gasteiger partial charge in [-0.1, -0.05) is 0 Å². The summed E-state index contributed by atoms with van der Waals surface area (Å²) in [7, 11) is -0.412. The Kier molecular flexibility index (Phi) is 2.79. The Labute approximate surface area is 120 Å². The Hall–Kier alpha value is -1.32. The molecule has 0 radical (unpaired) electrons. The molecule has 1 aliphatic heterocycles. The molecule has 1 saturated carbocycles. The predicted octanol–water partition coefficient (Wildman–Crippen LogP) is 1.59. The van der Waals surface area contributed by atoms with Crippen molar-refractivity contribution in [1.82, 2.24) is 9.78 Å². The van der Waals surface area contributed by atoms with Gasteiger partial charge in [-0.15, -0.1) is 0 Å². The monoisotopic (exact) mass is 273 g/mol. The van der Waals surface area contributed by atoms with Crippen molar-refractivity contribution in [3.05, 3.63) is 12.4 Å². The number of rotatable bonds is 2. The molecule has 5 nitrogen and oxygen atoms in total. The first-order valence-electron chi connectivity index (χ1n) is 7.12. The molecular weight excluding hydrogens is 253 g/mol. The van der Waals surface area contributed by atoms with Crippen molar-refractivity contribution in [2.45, 2.75) is 63.7 Å². The van der Waals surface area contributed by atoms with Crippen LogP contribution in [-0.4, -0.2) is 28.1 Å². The molecule has 0 bridgehead atoms. The van der Waals surface area contributed by atoms with Crippen LogP contribution in [0, 0.1) is 11.3 Å². The Morgan fingerprint density at radius 3 is 2.30 bits per heavy atom. The molecule has 0 amide bonds. The van der Waals surface area contributed by atoms with Gasteiger partial charge in [0.1, 0.15) is 5.54 Å². The average Bonchev–Trinajstić information content (AvgIpc) is 2.83. The summed E-state index contributed by atoms with van der Waals surface area (Å²) in [5.74, 6) is 0. The number of hydrogen-bond donors (Lipinski definition) is 0. The molecule has 3 rings (SSSR count). The SMILES string of the molecule is CC1(C)OB(c2cnn(C3(C#N)CCC3)c2)OC1(C)C. The van der Waals surface area contributed by atoms with Gasteiger partial charge in [0.15, 0.2) is 0 Å². The van der Waals surface area contributed by atoms with Crippen LogP contribution in [0.3, 0.4) is 0 Å². The van der Waals surface area contributed by atoms with Crippen LogP contribution < -0.4 is 5.46 Å². The fraction of sp³-hybridized carbons (Fsp3) is 0.714. The third-order valence-corrected chi connectivity index (χ3v) is 4.96. The van der Waals surface area contributed by atoms with E-state index in [-0.39, 0.29) is 11.2 Å². The third kappa shape index (κ3) is 1.81. The van der Waals surface area contributed by atoms with Gasteiger partial charge in [0, 0.05) is 17.9 Å². The van der Waals surface area contributed by atoms with Crippen LogP contribution in [0.15, 0.2) is 12.4 Å². The number of nitriles is 1. The fourth-order valence-electron chi connectivity index (χ4n) is 2.58. The lowest BCUT2D eigenvalue weighted by Gasteiger charge is -2.35. The largest absolute Gasteiger partial charge is 0.498 e. The first-order valence-corrected chi connectivity index (χ1v) is 7.12. The van der Waals surface area contributed by atoms with Gasteiger partial charge in [-0.25, -0.2) is 0 Å². The van der Waals surface area contributed by atoms with Gasteiger partial charge in [-0.05, 0) is 47.0 Å². The Bertz CT molecular complexity index is 553. The molecule has 1 aliphatic carbocycles. The second kappa shape index (κ2) is 4.09. The van der Waals surface area contributed by atoms with Crippen LogP contribution in [0.1, 0.15) is 47.0 Å². The molecule has 0 spiro atoms. The first-order chi connectivity index (χ1) is 9.30. The highest BCUT2D eigenvalue weighted by molar-refractivity contribution is 6.62. The lowest BCUT2D eigenvalue weighted by molar-refractivity contribution is 0.00578. The zero-order chi connectivity index (χ0) is 14.6. The maximum Gasteiger partial charge on any atom is 0.498 e. The van der Waals surface area contributed by atoms with E-state index in [1.807, 2.05) is 33.9 Å². The van der Waals surface area contributed by atoms with Crippen molar-refractivity contribution in [3.8, 4) is 6.07 Å². The molecule has 0 unspecified atom stereocenters. The van der Waals surface area contributed by atoms with Gasteiger partial charge in [-0.2, -0.15) is 10.4 Å². The topological polar surface area (TPSA) is 60.1 Å². The summed E-state index contributed by atoms with van der Waals surface area (Å²) < 4.78 is 13.8. The van der Waals surface area contributed by atoms with E-state index in [1.54, 1.807) is 10.9 Å². The minimum Gasteiger partial charge on any atom is -0.399 e. The Balaban J connectivity index is 1.84. The highest BCUT2D eigenvalue weighted by Crippen LogP contribution is 2.39. The second-order valence-corrected chi connectivity index (χ2v) is 6.80. The molecule has 20 heavy (non-hydrogen) atoms. The lowest BCUT2D eigenvalue weighted by atomic mass is 9.77. The minimum absolute atomic E-state index is 0.358. The summed E-state index contributed by atoms with van der Waals surface area (Å²) >= 11 is 0. The Morgan fingerprint density at radius 2 is 1.85 bits per heavy atom. The van der Waals surface area contributed by atoms with Gasteiger partial charge in [0.25, 0.3) is 0 Å². The molecule has 2 fully saturated rings. The highest BCUT2D eigenvalue weighted by Gasteiger charge is 2.52. The fourth-order valence-corrected chi connectivity index (χ4v) is 2.58. The van der Waals surface area contributed by atoms with Gasteiger partial charge >= 0.3 is 7.12 Å². The van der Waals surface area contributed by atoms with E-state index < -0.39 is 12.7 Å². The van der Waals surface area contributed by atoms with Crippen LogP contribution in [-0.2, 0) is 14.8 Å². The minimum atomic E-state index is -0.456. The maximum absolute atomic E-state index is 9.36. The summed E-state index contributed by atoms with van der Waals surface area (Å²) in [5.41, 5.74) is -0.293. The van der Waals surface area contributed by atoms with E-state index in [9.17, 15) is 5.26 Å². The van der Waals surface area contributed by atoms with Crippen molar-refractivity contribution in [3.63, 3.8) is 0 Å². The molecule has 0 aromatic carbocycles. The Morgan fingerprint density at radius 1 is 1.25 bits per heavy atom. The second-order valence-electron chi connectivity index (χ2n) is 6.80. The normalized spacial score (nSPS) is 26.1. The zero-order valence-corrected chi connectivity index (χ0v) is 12.5. The molecule has 1 aromatic rings. The van der Waals surface area contributed by atoms with Crippen molar-refractivity contribution < 1.29 is 9.31 Å².